The van der Waals surface area contributed by atoms with E-state index in [9.17, 15) is 9.59 Å². The van der Waals surface area contributed by atoms with E-state index in [-0.39, 0.29) is 5.70 Å². The van der Waals surface area contributed by atoms with Crippen molar-refractivity contribution in [2.45, 2.75) is 12.8 Å². The summed E-state index contributed by atoms with van der Waals surface area (Å²) in [7, 11) is 4.55. The zero-order valence-electron chi connectivity index (χ0n) is 13.0. The van der Waals surface area contributed by atoms with E-state index < -0.39 is 11.9 Å². The van der Waals surface area contributed by atoms with Crippen molar-refractivity contribution in [1.29, 1.82) is 0 Å². The number of aryl methyl sites for hydroxylation is 1. The van der Waals surface area contributed by atoms with Crippen molar-refractivity contribution < 1.29 is 19.1 Å². The van der Waals surface area contributed by atoms with Crippen molar-refractivity contribution >= 4 is 23.3 Å². The summed E-state index contributed by atoms with van der Waals surface area (Å²) in [6.45, 7) is 0.998. The van der Waals surface area contributed by atoms with Gasteiger partial charge in [0.2, 0.25) is 0 Å². The predicted octanol–water partition coefficient (Wildman–Crippen LogP) is 1.71. The van der Waals surface area contributed by atoms with Crippen molar-refractivity contribution in [3.8, 4) is 0 Å². The lowest BCUT2D eigenvalue weighted by Crippen LogP contribution is -2.24. The average Bonchev–Trinajstić information content (AvgIpc) is 2.54. The summed E-state index contributed by atoms with van der Waals surface area (Å²) in [4.78, 5) is 25.3. The Bertz CT molecular complexity index is 610. The molecule has 0 aliphatic carbocycles. The molecule has 0 saturated carbocycles. The second-order valence-corrected chi connectivity index (χ2v) is 5.07. The molecule has 1 N–H and O–H groups in total. The van der Waals surface area contributed by atoms with Gasteiger partial charge in [-0.1, -0.05) is 6.07 Å². The van der Waals surface area contributed by atoms with Gasteiger partial charge in [0.15, 0.2) is 0 Å². The average molecular weight is 304 g/mol. The van der Waals surface area contributed by atoms with Gasteiger partial charge >= 0.3 is 11.9 Å². The van der Waals surface area contributed by atoms with Gasteiger partial charge in [-0.2, -0.15) is 0 Å². The molecule has 22 heavy (non-hydrogen) atoms. The molecule has 0 saturated heterocycles. The molecule has 1 aromatic rings. The number of methoxy groups -OCH3 is 2. The van der Waals surface area contributed by atoms with Gasteiger partial charge in [0, 0.05) is 25.0 Å². The number of ether oxygens (including phenoxy) is 2. The van der Waals surface area contributed by atoms with Crippen LogP contribution in [0.15, 0.2) is 30.0 Å². The molecule has 1 aromatic carbocycles. The molecular weight excluding hydrogens is 284 g/mol. The van der Waals surface area contributed by atoms with Gasteiger partial charge in [0.05, 0.1) is 20.3 Å². The van der Waals surface area contributed by atoms with Gasteiger partial charge in [0.25, 0.3) is 0 Å². The van der Waals surface area contributed by atoms with E-state index in [1.54, 1.807) is 0 Å². The Labute approximate surface area is 129 Å². The van der Waals surface area contributed by atoms with Crippen LogP contribution in [-0.4, -0.2) is 39.8 Å². The highest BCUT2D eigenvalue weighted by Crippen LogP contribution is 2.29. The predicted molar refractivity (Wildman–Crippen MR) is 83.8 cm³/mol. The second-order valence-electron chi connectivity index (χ2n) is 5.07. The molecule has 0 amide bonds. The minimum atomic E-state index is -0.628. The monoisotopic (exact) mass is 304 g/mol. The standard InChI is InChI=1S/C16H20N2O4/c1-18-8-4-5-11-6-7-12(9-14(11)18)17-13(16(20)22-3)10-15(19)21-2/h6-7,9-10,17H,4-5,8H2,1-3H3/b13-10+. The van der Waals surface area contributed by atoms with Gasteiger partial charge < -0.3 is 19.7 Å². The first kappa shape index (κ1) is 15.9. The summed E-state index contributed by atoms with van der Waals surface area (Å²) < 4.78 is 9.23. The smallest absolute Gasteiger partial charge is 0.354 e. The number of hydrogen-bond donors (Lipinski definition) is 1. The van der Waals surface area contributed by atoms with E-state index in [1.165, 1.54) is 19.8 Å². The molecule has 6 nitrogen and oxygen atoms in total. The highest BCUT2D eigenvalue weighted by molar-refractivity contribution is 5.98. The molecule has 0 atom stereocenters. The molecule has 2 rings (SSSR count). The Kier molecular flexibility index (Phi) is 5.04. The quantitative estimate of drug-likeness (QED) is 0.675. The van der Waals surface area contributed by atoms with Crippen molar-refractivity contribution in [2.24, 2.45) is 0 Å². The van der Waals surface area contributed by atoms with Crippen LogP contribution in [0, 0.1) is 0 Å². The van der Waals surface area contributed by atoms with E-state index >= 15 is 0 Å². The fourth-order valence-corrected chi connectivity index (χ4v) is 2.42. The Morgan fingerprint density at radius 2 is 2.05 bits per heavy atom. The van der Waals surface area contributed by atoms with Crippen molar-refractivity contribution in [2.75, 3.05) is 38.0 Å². The molecule has 1 heterocycles. The molecule has 0 radical (unpaired) electrons. The fraction of sp³-hybridized carbons (Fsp3) is 0.375. The van der Waals surface area contributed by atoms with Crippen LogP contribution in [0.4, 0.5) is 11.4 Å². The number of benzene rings is 1. The summed E-state index contributed by atoms with van der Waals surface area (Å²) in [5.74, 6) is -1.25. The molecule has 6 heteroatoms. The Morgan fingerprint density at radius 1 is 1.27 bits per heavy atom. The fourth-order valence-electron chi connectivity index (χ4n) is 2.42. The molecule has 0 fully saturated rings. The zero-order chi connectivity index (χ0) is 16.1. The molecular formula is C16H20N2O4. The summed E-state index contributed by atoms with van der Waals surface area (Å²) in [6, 6.07) is 5.87. The number of rotatable bonds is 4. The Morgan fingerprint density at radius 3 is 2.73 bits per heavy atom. The maximum Gasteiger partial charge on any atom is 0.354 e. The van der Waals surface area contributed by atoms with Crippen molar-refractivity contribution in [1.82, 2.24) is 0 Å². The normalized spacial score (nSPS) is 14.1. The number of carbonyl (C=O) groups is 2. The van der Waals surface area contributed by atoms with E-state index in [1.807, 2.05) is 25.2 Å². The lowest BCUT2D eigenvalue weighted by atomic mass is 10.0. The molecule has 0 spiro atoms. The van der Waals surface area contributed by atoms with Gasteiger partial charge in [-0.25, -0.2) is 9.59 Å². The third-order valence-corrected chi connectivity index (χ3v) is 3.58. The summed E-state index contributed by atoms with van der Waals surface area (Å²) in [5.41, 5.74) is 3.15. The number of nitrogens with zero attached hydrogens (tertiary/aromatic N) is 1. The van der Waals surface area contributed by atoms with E-state index in [2.05, 4.69) is 19.7 Å². The van der Waals surface area contributed by atoms with Crippen molar-refractivity contribution in [3.05, 3.63) is 35.5 Å². The summed E-state index contributed by atoms with van der Waals surface area (Å²) in [6.07, 6.45) is 3.25. The third-order valence-electron chi connectivity index (χ3n) is 3.58. The van der Waals surface area contributed by atoms with Gasteiger partial charge in [-0.15, -0.1) is 0 Å². The first-order valence-electron chi connectivity index (χ1n) is 7.04. The number of carbonyl (C=O) groups excluding carboxylic acids is 2. The summed E-state index contributed by atoms with van der Waals surface area (Å²) in [5, 5.41) is 2.92. The van der Waals surface area contributed by atoms with Crippen LogP contribution in [0.5, 0.6) is 0 Å². The van der Waals surface area contributed by atoms with Crippen molar-refractivity contribution in [3.63, 3.8) is 0 Å². The van der Waals surface area contributed by atoms with Crippen LogP contribution in [0.2, 0.25) is 0 Å². The Balaban J connectivity index is 2.27. The molecule has 1 aliphatic heterocycles. The van der Waals surface area contributed by atoms with Crippen LogP contribution in [-0.2, 0) is 25.5 Å². The maximum atomic E-state index is 11.7. The number of esters is 2. The van der Waals surface area contributed by atoms with Crippen LogP contribution < -0.4 is 10.2 Å². The van der Waals surface area contributed by atoms with Crippen LogP contribution in [0.3, 0.4) is 0 Å². The lowest BCUT2D eigenvalue weighted by Gasteiger charge is -2.28. The topological polar surface area (TPSA) is 67.9 Å². The first-order chi connectivity index (χ1) is 10.5. The largest absolute Gasteiger partial charge is 0.466 e. The lowest BCUT2D eigenvalue weighted by molar-refractivity contribution is -0.138. The number of anilines is 2. The number of nitrogens with one attached hydrogen (secondary N) is 1. The minimum Gasteiger partial charge on any atom is -0.466 e. The van der Waals surface area contributed by atoms with Crippen LogP contribution in [0.1, 0.15) is 12.0 Å². The molecule has 118 valence electrons. The zero-order valence-corrected chi connectivity index (χ0v) is 13.0. The highest BCUT2D eigenvalue weighted by atomic mass is 16.5. The molecule has 1 aliphatic rings. The minimum absolute atomic E-state index is 0.0350. The van der Waals surface area contributed by atoms with E-state index in [4.69, 9.17) is 0 Å². The molecule has 0 unspecified atom stereocenters. The Hall–Kier alpha value is -2.50. The van der Waals surface area contributed by atoms with Gasteiger partial charge in [0.1, 0.15) is 5.70 Å². The van der Waals surface area contributed by atoms with E-state index in [0.717, 1.165) is 31.1 Å². The van der Waals surface area contributed by atoms with E-state index in [0.29, 0.717) is 5.69 Å². The van der Waals surface area contributed by atoms with Gasteiger partial charge in [-0.05, 0) is 30.5 Å². The van der Waals surface area contributed by atoms with Crippen LogP contribution >= 0.6 is 0 Å². The van der Waals surface area contributed by atoms with Gasteiger partial charge in [-0.3, -0.25) is 0 Å². The SMILES string of the molecule is COC(=O)/C=C(/Nc1ccc2c(c1)N(C)CCC2)C(=O)OC. The van der Waals surface area contributed by atoms with Crippen LogP contribution in [0.25, 0.3) is 0 Å². The number of hydrogen-bond acceptors (Lipinski definition) is 6. The maximum absolute atomic E-state index is 11.7. The molecule has 0 bridgehead atoms. The molecule has 0 aromatic heterocycles. The second kappa shape index (κ2) is 6.98. The first-order valence-corrected chi connectivity index (χ1v) is 7.04. The summed E-state index contributed by atoms with van der Waals surface area (Å²) >= 11 is 0. The highest BCUT2D eigenvalue weighted by Gasteiger charge is 2.16. The third kappa shape index (κ3) is 3.58. The number of fused-ring (bicyclic) bond motifs is 1.